The van der Waals surface area contributed by atoms with Crippen LogP contribution in [0.1, 0.15) is 24.8 Å². The Morgan fingerprint density at radius 1 is 1.29 bits per heavy atom. The summed E-state index contributed by atoms with van der Waals surface area (Å²) in [6.45, 7) is 1.69. The van der Waals surface area contributed by atoms with Crippen LogP contribution in [0, 0.1) is 0 Å². The van der Waals surface area contributed by atoms with Gasteiger partial charge < -0.3 is 15.7 Å². The van der Waals surface area contributed by atoms with Gasteiger partial charge in [-0.15, -0.1) is 0 Å². The van der Waals surface area contributed by atoms with Gasteiger partial charge in [0, 0.05) is 18.8 Å². The molecule has 1 aromatic carbocycles. The van der Waals surface area contributed by atoms with Crippen molar-refractivity contribution in [3.8, 4) is 5.75 Å². The third-order valence-electron chi connectivity index (χ3n) is 3.18. The van der Waals surface area contributed by atoms with E-state index < -0.39 is 0 Å². The average molecular weight is 234 g/mol. The number of anilines is 1. The van der Waals surface area contributed by atoms with Crippen LogP contribution in [0.2, 0.25) is 0 Å². The highest BCUT2D eigenvalue weighted by Gasteiger charge is 2.17. The van der Waals surface area contributed by atoms with E-state index in [1.807, 2.05) is 4.90 Å². The van der Waals surface area contributed by atoms with Crippen molar-refractivity contribution in [2.24, 2.45) is 0 Å². The van der Waals surface area contributed by atoms with Gasteiger partial charge in [0.15, 0.2) is 0 Å². The molecule has 0 radical (unpaired) electrons. The molecule has 1 aliphatic rings. The number of aromatic hydroxyl groups is 1. The maximum Gasteiger partial charge on any atom is 0.227 e. The van der Waals surface area contributed by atoms with Crippen molar-refractivity contribution >= 4 is 11.6 Å². The van der Waals surface area contributed by atoms with Gasteiger partial charge >= 0.3 is 0 Å². The molecular weight excluding hydrogens is 216 g/mol. The molecule has 4 heteroatoms. The van der Waals surface area contributed by atoms with Crippen LogP contribution in [-0.2, 0) is 11.2 Å². The van der Waals surface area contributed by atoms with Gasteiger partial charge in [-0.05, 0) is 43.0 Å². The summed E-state index contributed by atoms with van der Waals surface area (Å²) >= 11 is 0. The minimum absolute atomic E-state index is 0.0991. The molecular formula is C13H18N2O2. The lowest BCUT2D eigenvalue weighted by Crippen LogP contribution is -2.36. The Kier molecular flexibility index (Phi) is 3.52. The van der Waals surface area contributed by atoms with Crippen LogP contribution in [0.5, 0.6) is 5.75 Å². The number of hydrogen-bond acceptors (Lipinski definition) is 3. The summed E-state index contributed by atoms with van der Waals surface area (Å²) in [5.41, 5.74) is 7.06. The van der Waals surface area contributed by atoms with Gasteiger partial charge in [-0.3, -0.25) is 4.79 Å². The lowest BCUT2D eigenvalue weighted by molar-refractivity contribution is -0.131. The fourth-order valence-electron chi connectivity index (χ4n) is 2.16. The molecule has 0 saturated carbocycles. The van der Waals surface area contributed by atoms with Crippen LogP contribution in [0.4, 0.5) is 5.69 Å². The van der Waals surface area contributed by atoms with E-state index in [0.717, 1.165) is 25.9 Å². The number of likely N-dealkylation sites (tertiary alicyclic amines) is 1. The quantitative estimate of drug-likeness (QED) is 0.602. The summed E-state index contributed by atoms with van der Waals surface area (Å²) < 4.78 is 0. The Morgan fingerprint density at radius 3 is 2.71 bits per heavy atom. The lowest BCUT2D eigenvalue weighted by atomic mass is 10.1. The highest BCUT2D eigenvalue weighted by Crippen LogP contribution is 2.20. The fourth-order valence-corrected chi connectivity index (χ4v) is 2.16. The number of nitrogens with two attached hydrogens (primary N) is 1. The van der Waals surface area contributed by atoms with Crippen molar-refractivity contribution in [2.75, 3.05) is 18.8 Å². The molecule has 1 amide bonds. The second-order valence-corrected chi connectivity index (χ2v) is 4.50. The SMILES string of the molecule is Nc1ccc(O)cc1CC(=O)N1CCCCC1. The first kappa shape index (κ1) is 11.8. The van der Waals surface area contributed by atoms with Gasteiger partial charge in [0.25, 0.3) is 0 Å². The number of piperidine rings is 1. The zero-order chi connectivity index (χ0) is 12.3. The number of phenols is 1. The summed E-state index contributed by atoms with van der Waals surface area (Å²) in [4.78, 5) is 13.9. The van der Waals surface area contributed by atoms with Crippen LogP contribution in [-0.4, -0.2) is 29.0 Å². The number of nitrogen functional groups attached to an aromatic ring is 1. The minimum atomic E-state index is 0.0991. The maximum atomic E-state index is 12.0. The van der Waals surface area contributed by atoms with E-state index in [1.54, 1.807) is 12.1 Å². The molecule has 0 aromatic heterocycles. The smallest absolute Gasteiger partial charge is 0.227 e. The van der Waals surface area contributed by atoms with E-state index in [2.05, 4.69) is 0 Å². The number of rotatable bonds is 2. The molecule has 1 fully saturated rings. The third kappa shape index (κ3) is 2.90. The topological polar surface area (TPSA) is 66.6 Å². The van der Waals surface area contributed by atoms with Crippen LogP contribution in [0.3, 0.4) is 0 Å². The molecule has 0 aliphatic carbocycles. The van der Waals surface area contributed by atoms with Gasteiger partial charge in [-0.2, -0.15) is 0 Å². The van der Waals surface area contributed by atoms with Gasteiger partial charge in [-0.1, -0.05) is 0 Å². The number of benzene rings is 1. The predicted octanol–water partition coefficient (Wildman–Crippen LogP) is 1.53. The van der Waals surface area contributed by atoms with Gasteiger partial charge in [-0.25, -0.2) is 0 Å². The average Bonchev–Trinajstić information content (AvgIpc) is 2.35. The summed E-state index contributed by atoms with van der Waals surface area (Å²) in [5, 5.41) is 9.38. The molecule has 4 nitrogen and oxygen atoms in total. The summed E-state index contributed by atoms with van der Waals surface area (Å²) in [5.74, 6) is 0.252. The number of amides is 1. The monoisotopic (exact) mass is 234 g/mol. The Hall–Kier alpha value is -1.71. The van der Waals surface area contributed by atoms with E-state index in [1.165, 1.54) is 12.5 Å². The number of hydrogen-bond donors (Lipinski definition) is 2. The zero-order valence-corrected chi connectivity index (χ0v) is 9.85. The largest absolute Gasteiger partial charge is 0.508 e. The zero-order valence-electron chi connectivity index (χ0n) is 9.85. The third-order valence-corrected chi connectivity index (χ3v) is 3.18. The molecule has 0 unspecified atom stereocenters. The van der Waals surface area contributed by atoms with Crippen molar-refractivity contribution < 1.29 is 9.90 Å². The standard InChI is InChI=1S/C13H18N2O2/c14-12-5-4-11(16)8-10(12)9-13(17)15-6-2-1-3-7-15/h4-5,8,16H,1-3,6-7,9,14H2. The summed E-state index contributed by atoms with van der Waals surface area (Å²) in [6.07, 6.45) is 3.65. The molecule has 1 saturated heterocycles. The number of phenolic OH excluding ortho intramolecular Hbond substituents is 1. The molecule has 92 valence electrons. The first-order chi connectivity index (χ1) is 8.16. The molecule has 0 bridgehead atoms. The van der Waals surface area contributed by atoms with Crippen molar-refractivity contribution in [1.82, 2.24) is 4.90 Å². The molecule has 0 atom stereocenters. The summed E-state index contributed by atoms with van der Waals surface area (Å²) in [7, 11) is 0. The van der Waals surface area contributed by atoms with Gasteiger partial charge in [0.2, 0.25) is 5.91 Å². The number of carbonyl (C=O) groups is 1. The predicted molar refractivity (Wildman–Crippen MR) is 66.7 cm³/mol. The van der Waals surface area contributed by atoms with E-state index in [9.17, 15) is 9.90 Å². The van der Waals surface area contributed by atoms with Gasteiger partial charge in [0.1, 0.15) is 5.75 Å². The van der Waals surface area contributed by atoms with Gasteiger partial charge in [0.05, 0.1) is 6.42 Å². The number of carbonyl (C=O) groups excluding carboxylic acids is 1. The Morgan fingerprint density at radius 2 is 2.00 bits per heavy atom. The summed E-state index contributed by atoms with van der Waals surface area (Å²) in [6, 6.07) is 4.73. The van der Waals surface area contributed by atoms with E-state index >= 15 is 0 Å². The Balaban J connectivity index is 2.04. The van der Waals surface area contributed by atoms with E-state index in [4.69, 9.17) is 5.73 Å². The Bertz CT molecular complexity index is 412. The van der Waals surface area contributed by atoms with Crippen LogP contribution >= 0.6 is 0 Å². The molecule has 1 heterocycles. The second kappa shape index (κ2) is 5.08. The van der Waals surface area contributed by atoms with Crippen molar-refractivity contribution in [2.45, 2.75) is 25.7 Å². The molecule has 0 spiro atoms. The molecule has 3 N–H and O–H groups in total. The first-order valence-corrected chi connectivity index (χ1v) is 6.02. The normalized spacial score (nSPS) is 15.9. The molecule has 17 heavy (non-hydrogen) atoms. The van der Waals surface area contributed by atoms with Crippen molar-refractivity contribution in [3.63, 3.8) is 0 Å². The van der Waals surface area contributed by atoms with E-state index in [0.29, 0.717) is 11.3 Å². The number of nitrogens with zero attached hydrogens (tertiary/aromatic N) is 1. The lowest BCUT2D eigenvalue weighted by Gasteiger charge is -2.26. The second-order valence-electron chi connectivity index (χ2n) is 4.50. The van der Waals surface area contributed by atoms with E-state index in [-0.39, 0.29) is 18.1 Å². The highest BCUT2D eigenvalue weighted by molar-refractivity contribution is 5.80. The van der Waals surface area contributed by atoms with Crippen LogP contribution in [0.25, 0.3) is 0 Å². The van der Waals surface area contributed by atoms with Crippen LogP contribution < -0.4 is 5.73 Å². The first-order valence-electron chi connectivity index (χ1n) is 6.02. The van der Waals surface area contributed by atoms with Crippen LogP contribution in [0.15, 0.2) is 18.2 Å². The molecule has 1 aliphatic heterocycles. The van der Waals surface area contributed by atoms with Crippen molar-refractivity contribution in [1.29, 1.82) is 0 Å². The Labute approximate surface area is 101 Å². The maximum absolute atomic E-state index is 12.0. The molecule has 1 aromatic rings. The van der Waals surface area contributed by atoms with Crippen molar-refractivity contribution in [3.05, 3.63) is 23.8 Å². The highest BCUT2D eigenvalue weighted by atomic mass is 16.3. The fraction of sp³-hybridized carbons (Fsp3) is 0.462. The molecule has 2 rings (SSSR count). The minimum Gasteiger partial charge on any atom is -0.508 e.